The first-order valence-electron chi connectivity index (χ1n) is 5.18. The molecule has 0 saturated carbocycles. The topological polar surface area (TPSA) is 55.1 Å². The minimum atomic E-state index is -0.0263. The van der Waals surface area contributed by atoms with Gasteiger partial charge in [-0.3, -0.25) is 4.79 Å². The third-order valence-electron chi connectivity index (χ3n) is 1.96. The van der Waals surface area contributed by atoms with Crippen LogP contribution in [-0.2, 0) is 4.79 Å². The van der Waals surface area contributed by atoms with Crippen molar-refractivity contribution >= 4 is 11.6 Å². The van der Waals surface area contributed by atoms with Gasteiger partial charge in [-0.25, -0.2) is 0 Å². The molecule has 0 unspecified atom stereocenters. The number of nitrogen functional groups attached to an aromatic ring is 1. The lowest BCUT2D eigenvalue weighted by molar-refractivity contribution is -0.118. The molecule has 0 aliphatic carbocycles. The summed E-state index contributed by atoms with van der Waals surface area (Å²) in [6, 6.07) is 5.74. The Hall–Kier alpha value is -1.95. The molecule has 3 N–H and O–H groups in total. The predicted molar refractivity (Wildman–Crippen MR) is 65.8 cm³/mol. The fourth-order valence-corrected chi connectivity index (χ4v) is 1.35. The summed E-state index contributed by atoms with van der Waals surface area (Å²) in [6.45, 7) is 4.07. The second-order valence-electron chi connectivity index (χ2n) is 3.67. The maximum atomic E-state index is 10.6. The molecule has 0 bridgehead atoms. The van der Waals surface area contributed by atoms with Gasteiger partial charge in [0.25, 0.3) is 0 Å². The maximum Gasteiger partial charge on any atom is 0.216 e. The SMILES string of the molecule is CC(=O)NCCC#Cc1cc(C)cc(N)c1. The Morgan fingerprint density at radius 1 is 1.44 bits per heavy atom. The molecule has 1 aromatic carbocycles. The first kappa shape index (κ1) is 12.1. The number of carbonyl (C=O) groups is 1. The summed E-state index contributed by atoms with van der Waals surface area (Å²) in [4.78, 5) is 10.6. The van der Waals surface area contributed by atoms with Gasteiger partial charge in [0.1, 0.15) is 0 Å². The van der Waals surface area contributed by atoms with E-state index in [-0.39, 0.29) is 5.91 Å². The van der Waals surface area contributed by atoms with Crippen molar-refractivity contribution in [2.45, 2.75) is 20.3 Å². The van der Waals surface area contributed by atoms with E-state index in [1.165, 1.54) is 6.92 Å². The fourth-order valence-electron chi connectivity index (χ4n) is 1.35. The Morgan fingerprint density at radius 2 is 2.19 bits per heavy atom. The number of anilines is 1. The van der Waals surface area contributed by atoms with Crippen molar-refractivity contribution in [1.29, 1.82) is 0 Å². The van der Waals surface area contributed by atoms with E-state index in [1.807, 2.05) is 25.1 Å². The zero-order valence-electron chi connectivity index (χ0n) is 9.63. The van der Waals surface area contributed by atoms with Crippen molar-refractivity contribution in [3.8, 4) is 11.8 Å². The quantitative estimate of drug-likeness (QED) is 0.446. The Kier molecular flexibility index (Phi) is 4.41. The van der Waals surface area contributed by atoms with E-state index < -0.39 is 0 Å². The minimum absolute atomic E-state index is 0.0263. The van der Waals surface area contributed by atoms with Crippen LogP contribution in [0.25, 0.3) is 0 Å². The molecule has 84 valence electrons. The van der Waals surface area contributed by atoms with E-state index >= 15 is 0 Å². The largest absolute Gasteiger partial charge is 0.399 e. The van der Waals surface area contributed by atoms with Crippen LogP contribution in [0.1, 0.15) is 24.5 Å². The number of nitrogens with one attached hydrogen (secondary N) is 1. The molecule has 0 fully saturated rings. The summed E-state index contributed by atoms with van der Waals surface area (Å²) < 4.78 is 0. The lowest BCUT2D eigenvalue weighted by Gasteiger charge is -1.98. The highest BCUT2D eigenvalue weighted by Gasteiger charge is 1.92. The maximum absolute atomic E-state index is 10.6. The second-order valence-corrected chi connectivity index (χ2v) is 3.67. The second kappa shape index (κ2) is 5.82. The van der Waals surface area contributed by atoms with Gasteiger partial charge in [0.2, 0.25) is 5.91 Å². The lowest BCUT2D eigenvalue weighted by atomic mass is 10.1. The van der Waals surface area contributed by atoms with Crippen molar-refractivity contribution in [2.24, 2.45) is 0 Å². The zero-order valence-corrected chi connectivity index (χ0v) is 9.63. The summed E-state index contributed by atoms with van der Waals surface area (Å²) >= 11 is 0. The van der Waals surface area contributed by atoms with Gasteiger partial charge in [0.15, 0.2) is 0 Å². The number of hydrogen-bond donors (Lipinski definition) is 2. The summed E-state index contributed by atoms with van der Waals surface area (Å²) in [5.74, 6) is 5.98. The van der Waals surface area contributed by atoms with Crippen molar-refractivity contribution < 1.29 is 4.79 Å². The molecule has 0 aliphatic rings. The normalized spacial score (nSPS) is 9.12. The molecule has 3 nitrogen and oxygen atoms in total. The summed E-state index contributed by atoms with van der Waals surface area (Å²) in [5, 5.41) is 2.69. The van der Waals surface area contributed by atoms with Crippen LogP contribution in [0.2, 0.25) is 0 Å². The van der Waals surface area contributed by atoms with Crippen LogP contribution in [-0.4, -0.2) is 12.5 Å². The number of hydrogen-bond acceptors (Lipinski definition) is 2. The van der Waals surface area contributed by atoms with Crippen LogP contribution < -0.4 is 11.1 Å². The van der Waals surface area contributed by atoms with Gasteiger partial charge < -0.3 is 11.1 Å². The van der Waals surface area contributed by atoms with Crippen molar-refractivity contribution in [3.05, 3.63) is 29.3 Å². The fraction of sp³-hybridized carbons (Fsp3) is 0.308. The van der Waals surface area contributed by atoms with Crippen LogP contribution in [0.3, 0.4) is 0 Å². The highest BCUT2D eigenvalue weighted by molar-refractivity contribution is 5.72. The highest BCUT2D eigenvalue weighted by Crippen LogP contribution is 2.09. The first-order valence-corrected chi connectivity index (χ1v) is 5.18. The molecule has 16 heavy (non-hydrogen) atoms. The monoisotopic (exact) mass is 216 g/mol. The van der Waals surface area contributed by atoms with Crippen molar-refractivity contribution in [2.75, 3.05) is 12.3 Å². The smallest absolute Gasteiger partial charge is 0.216 e. The van der Waals surface area contributed by atoms with Gasteiger partial charge in [-0.1, -0.05) is 11.8 Å². The minimum Gasteiger partial charge on any atom is -0.399 e. The molecule has 1 aromatic rings. The van der Waals surface area contributed by atoms with Crippen LogP contribution >= 0.6 is 0 Å². The Labute approximate surface area is 96.0 Å². The Bertz CT molecular complexity index is 421. The van der Waals surface area contributed by atoms with Crippen LogP contribution in [0.4, 0.5) is 5.69 Å². The molecule has 1 rings (SSSR count). The number of rotatable bonds is 2. The number of carbonyl (C=O) groups excluding carboxylic acids is 1. The molecule has 0 atom stereocenters. The molecule has 3 heteroatoms. The van der Waals surface area contributed by atoms with Gasteiger partial charge >= 0.3 is 0 Å². The van der Waals surface area contributed by atoms with E-state index in [9.17, 15) is 4.79 Å². The van der Waals surface area contributed by atoms with Crippen molar-refractivity contribution in [1.82, 2.24) is 5.32 Å². The molecule has 0 spiro atoms. The number of aryl methyl sites for hydroxylation is 1. The first-order chi connectivity index (χ1) is 7.58. The van der Waals surface area contributed by atoms with Gasteiger partial charge in [0, 0.05) is 31.1 Å². The summed E-state index contributed by atoms with van der Waals surface area (Å²) in [5.41, 5.74) is 8.45. The molecular weight excluding hydrogens is 200 g/mol. The predicted octanol–water partition coefficient (Wildman–Crippen LogP) is 1.45. The Morgan fingerprint density at radius 3 is 2.81 bits per heavy atom. The van der Waals surface area contributed by atoms with Crippen LogP contribution in [0.15, 0.2) is 18.2 Å². The molecule has 0 aromatic heterocycles. The number of nitrogens with two attached hydrogens (primary N) is 1. The molecule has 1 amide bonds. The van der Waals surface area contributed by atoms with E-state index in [4.69, 9.17) is 5.73 Å². The van der Waals surface area contributed by atoms with Crippen LogP contribution in [0, 0.1) is 18.8 Å². The summed E-state index contributed by atoms with van der Waals surface area (Å²) in [7, 11) is 0. The van der Waals surface area contributed by atoms with E-state index in [2.05, 4.69) is 17.2 Å². The van der Waals surface area contributed by atoms with Gasteiger partial charge in [-0.15, -0.1) is 0 Å². The van der Waals surface area contributed by atoms with E-state index in [0.717, 1.165) is 16.8 Å². The Balaban J connectivity index is 2.53. The zero-order chi connectivity index (χ0) is 12.0. The van der Waals surface area contributed by atoms with Crippen molar-refractivity contribution in [3.63, 3.8) is 0 Å². The van der Waals surface area contributed by atoms with Crippen LogP contribution in [0.5, 0.6) is 0 Å². The highest BCUT2D eigenvalue weighted by atomic mass is 16.1. The van der Waals surface area contributed by atoms with Gasteiger partial charge in [0.05, 0.1) is 0 Å². The third kappa shape index (κ3) is 4.52. The van der Waals surface area contributed by atoms with E-state index in [0.29, 0.717) is 13.0 Å². The van der Waals surface area contributed by atoms with Gasteiger partial charge in [-0.2, -0.15) is 0 Å². The average molecular weight is 216 g/mol. The van der Waals surface area contributed by atoms with Gasteiger partial charge in [-0.05, 0) is 30.7 Å². The molecule has 0 heterocycles. The number of benzene rings is 1. The average Bonchev–Trinajstić information content (AvgIpc) is 2.15. The number of amides is 1. The molecule has 0 saturated heterocycles. The van der Waals surface area contributed by atoms with E-state index in [1.54, 1.807) is 0 Å². The standard InChI is InChI=1S/C13H16N2O/c1-10-7-12(9-13(14)8-10)5-3-4-6-15-11(2)16/h7-9H,4,6,14H2,1-2H3,(H,15,16). The lowest BCUT2D eigenvalue weighted by Crippen LogP contribution is -2.20. The molecule has 0 radical (unpaired) electrons. The third-order valence-corrected chi connectivity index (χ3v) is 1.96. The molecule has 0 aliphatic heterocycles. The molecular formula is C13H16N2O. The summed E-state index contributed by atoms with van der Waals surface area (Å²) in [6.07, 6.45) is 0.646.